The fourth-order valence-electron chi connectivity index (χ4n) is 3.61. The summed E-state index contributed by atoms with van der Waals surface area (Å²) in [4.78, 5) is 32.8. The fraction of sp³-hybridized carbons (Fsp3) is 0.143. The first-order valence-electron chi connectivity index (χ1n) is 12.1. The number of aromatic nitrogens is 2. The second-order valence-corrected chi connectivity index (χ2v) is 9.33. The van der Waals surface area contributed by atoms with Gasteiger partial charge in [0.1, 0.15) is 24.4 Å². The number of hydrogen-bond acceptors (Lipinski definition) is 7. The molecule has 0 aliphatic rings. The van der Waals surface area contributed by atoms with E-state index in [1.807, 2.05) is 0 Å². The van der Waals surface area contributed by atoms with Gasteiger partial charge in [-0.25, -0.2) is 14.8 Å². The molecule has 1 aromatic heterocycles. The number of nitrogens with zero attached hydrogens (tertiary/aromatic N) is 2. The van der Waals surface area contributed by atoms with Crippen molar-refractivity contribution in [2.24, 2.45) is 0 Å². The van der Waals surface area contributed by atoms with E-state index in [9.17, 15) is 22.8 Å². The molecule has 0 saturated carbocycles. The predicted molar refractivity (Wildman–Crippen MR) is 154 cm³/mol. The van der Waals surface area contributed by atoms with Crippen LogP contribution in [0.3, 0.4) is 0 Å². The number of methoxy groups -OCH3 is 1. The van der Waals surface area contributed by atoms with Crippen LogP contribution in [0.4, 0.5) is 35.0 Å². The van der Waals surface area contributed by atoms with Crippen molar-refractivity contribution in [3.05, 3.63) is 83.6 Å². The molecule has 42 heavy (non-hydrogen) atoms. The Kier molecular flexibility index (Phi) is 9.60. The lowest BCUT2D eigenvalue weighted by Crippen LogP contribution is -2.19. The number of nitrogens with one attached hydrogen (secondary N) is 3. The Morgan fingerprint density at radius 3 is 2.38 bits per heavy atom. The van der Waals surface area contributed by atoms with E-state index >= 15 is 0 Å². The van der Waals surface area contributed by atoms with E-state index in [4.69, 9.17) is 14.2 Å². The molecule has 0 atom stereocenters. The van der Waals surface area contributed by atoms with Gasteiger partial charge < -0.3 is 30.2 Å². The minimum atomic E-state index is -4.58. The highest BCUT2D eigenvalue weighted by Crippen LogP contribution is 2.37. The van der Waals surface area contributed by atoms with Crippen LogP contribution in [0.15, 0.2) is 78.1 Å². The van der Waals surface area contributed by atoms with Crippen molar-refractivity contribution in [1.29, 1.82) is 0 Å². The highest BCUT2D eigenvalue weighted by Gasteiger charge is 2.33. The number of benzene rings is 3. The monoisotopic (exact) mass is 645 g/mol. The molecular weight excluding hydrogens is 623 g/mol. The summed E-state index contributed by atoms with van der Waals surface area (Å²) in [6, 6.07) is 12.1. The third-order valence-corrected chi connectivity index (χ3v) is 6.24. The summed E-state index contributed by atoms with van der Waals surface area (Å²) in [6.07, 6.45) is -2.15. The summed E-state index contributed by atoms with van der Waals surface area (Å²) in [5, 5.41) is 8.09. The maximum atomic E-state index is 13.1. The van der Waals surface area contributed by atoms with Gasteiger partial charge in [-0.3, -0.25) is 4.79 Å². The van der Waals surface area contributed by atoms with Crippen molar-refractivity contribution in [2.45, 2.75) is 6.18 Å². The fourth-order valence-corrected chi connectivity index (χ4v) is 4.08. The lowest BCUT2D eigenvalue weighted by atomic mass is 10.2. The second-order valence-electron chi connectivity index (χ2n) is 8.48. The minimum Gasteiger partial charge on any atom is -0.489 e. The van der Waals surface area contributed by atoms with E-state index in [0.29, 0.717) is 40.4 Å². The number of urea groups is 1. The smallest absolute Gasteiger partial charge is 0.417 e. The number of carbonyl (C=O) groups excluding carboxylic acids is 2. The molecule has 4 rings (SSSR count). The molecule has 0 spiro atoms. The quantitative estimate of drug-likeness (QED) is 0.125. The van der Waals surface area contributed by atoms with Crippen LogP contribution in [-0.2, 0) is 15.7 Å². The third kappa shape index (κ3) is 7.73. The Labute approximate surface area is 246 Å². The molecule has 3 aromatic carbocycles. The van der Waals surface area contributed by atoms with Crippen LogP contribution in [-0.4, -0.2) is 42.2 Å². The number of amides is 3. The average molecular weight is 646 g/mol. The molecule has 3 N–H and O–H groups in total. The summed E-state index contributed by atoms with van der Waals surface area (Å²) < 4.78 is 56.0. The number of rotatable bonds is 10. The van der Waals surface area contributed by atoms with Gasteiger partial charge in [0.05, 0.1) is 28.8 Å². The highest BCUT2D eigenvalue weighted by atomic mass is 79.9. The minimum absolute atomic E-state index is 0.0329. The van der Waals surface area contributed by atoms with E-state index in [2.05, 4.69) is 48.4 Å². The van der Waals surface area contributed by atoms with Gasteiger partial charge in [-0.1, -0.05) is 22.5 Å². The number of carbonyl (C=O) groups is 2. The Bertz CT molecular complexity index is 1620. The van der Waals surface area contributed by atoms with Gasteiger partial charge in [0.25, 0.3) is 0 Å². The second kappa shape index (κ2) is 13.3. The standard InChI is InChI=1S/C28H23BrF3N5O5/c1-3-25(38)37-23-13-19-22(14-24(23)41-11-10-40-2)33-15-34-26(19)42-18-7-4-16(5-8-18)35-27(39)36-17-6-9-21(29)20(12-17)28(30,31)32/h3-9,12-15H,1,10-11H2,2H3,(H,37,38)(H2,35,36,39). The molecule has 1 heterocycles. The number of halogens is 4. The number of ether oxygens (including phenoxy) is 3. The van der Waals surface area contributed by atoms with Crippen molar-refractivity contribution in [1.82, 2.24) is 9.97 Å². The Morgan fingerprint density at radius 2 is 1.69 bits per heavy atom. The van der Waals surface area contributed by atoms with Gasteiger partial charge in [-0.15, -0.1) is 0 Å². The van der Waals surface area contributed by atoms with Crippen LogP contribution in [0, 0.1) is 0 Å². The van der Waals surface area contributed by atoms with Gasteiger partial charge in [0, 0.05) is 29.0 Å². The molecule has 0 aliphatic carbocycles. The Hall–Kier alpha value is -4.69. The van der Waals surface area contributed by atoms with Gasteiger partial charge >= 0.3 is 12.2 Å². The van der Waals surface area contributed by atoms with Crippen molar-refractivity contribution in [3.63, 3.8) is 0 Å². The summed E-state index contributed by atoms with van der Waals surface area (Å²) >= 11 is 2.86. The van der Waals surface area contributed by atoms with E-state index in [0.717, 1.165) is 12.1 Å². The highest BCUT2D eigenvalue weighted by molar-refractivity contribution is 9.10. The van der Waals surface area contributed by atoms with Crippen LogP contribution in [0.5, 0.6) is 17.4 Å². The maximum absolute atomic E-state index is 13.1. The predicted octanol–water partition coefficient (Wildman–Crippen LogP) is 7.00. The molecule has 0 unspecified atom stereocenters. The summed E-state index contributed by atoms with van der Waals surface area (Å²) in [7, 11) is 1.54. The van der Waals surface area contributed by atoms with E-state index in [1.54, 1.807) is 43.5 Å². The summed E-state index contributed by atoms with van der Waals surface area (Å²) in [5.41, 5.74) is 0.244. The molecule has 0 bridgehead atoms. The molecule has 0 fully saturated rings. The first-order chi connectivity index (χ1) is 20.1. The first-order valence-corrected chi connectivity index (χ1v) is 12.9. The molecule has 4 aromatic rings. The number of anilines is 3. The Morgan fingerprint density at radius 1 is 0.976 bits per heavy atom. The van der Waals surface area contributed by atoms with Crippen LogP contribution in [0.25, 0.3) is 10.9 Å². The van der Waals surface area contributed by atoms with Crippen LogP contribution < -0.4 is 25.4 Å². The topological polar surface area (TPSA) is 124 Å². The van der Waals surface area contributed by atoms with Crippen molar-refractivity contribution >= 4 is 55.8 Å². The first kappa shape index (κ1) is 30.3. The maximum Gasteiger partial charge on any atom is 0.417 e. The van der Waals surface area contributed by atoms with Gasteiger partial charge in [-0.2, -0.15) is 13.2 Å². The lowest BCUT2D eigenvalue weighted by molar-refractivity contribution is -0.138. The molecular formula is C28H23BrF3N5O5. The summed E-state index contributed by atoms with van der Waals surface area (Å²) in [6.45, 7) is 4.04. The lowest BCUT2D eigenvalue weighted by Gasteiger charge is -2.14. The molecule has 0 saturated heterocycles. The third-order valence-electron chi connectivity index (χ3n) is 5.54. The van der Waals surface area contributed by atoms with Crippen LogP contribution in [0.1, 0.15) is 5.56 Å². The zero-order valence-corrected chi connectivity index (χ0v) is 23.5. The normalized spacial score (nSPS) is 11.1. The molecule has 10 nitrogen and oxygen atoms in total. The number of fused-ring (bicyclic) bond motifs is 1. The van der Waals surface area contributed by atoms with E-state index in [-0.39, 0.29) is 22.6 Å². The van der Waals surface area contributed by atoms with Crippen molar-refractivity contribution in [3.8, 4) is 17.4 Å². The molecule has 218 valence electrons. The van der Waals surface area contributed by atoms with Crippen molar-refractivity contribution in [2.75, 3.05) is 36.3 Å². The largest absolute Gasteiger partial charge is 0.489 e. The van der Waals surface area contributed by atoms with E-state index in [1.165, 1.54) is 18.5 Å². The van der Waals surface area contributed by atoms with Crippen molar-refractivity contribution < 1.29 is 37.0 Å². The SMILES string of the molecule is C=CC(=O)Nc1cc2c(Oc3ccc(NC(=O)Nc4ccc(Br)c(C(F)(F)F)c4)cc3)ncnc2cc1OCCOC. The molecule has 0 aliphatic heterocycles. The average Bonchev–Trinajstić information content (AvgIpc) is 2.95. The summed E-state index contributed by atoms with van der Waals surface area (Å²) in [5.74, 6) is 0.469. The zero-order chi connectivity index (χ0) is 30.3. The molecule has 0 radical (unpaired) electrons. The van der Waals surface area contributed by atoms with Gasteiger partial charge in [0.2, 0.25) is 11.8 Å². The zero-order valence-electron chi connectivity index (χ0n) is 21.9. The van der Waals surface area contributed by atoms with Gasteiger partial charge in [0.15, 0.2) is 0 Å². The molecule has 14 heteroatoms. The van der Waals surface area contributed by atoms with Crippen LogP contribution >= 0.6 is 15.9 Å². The van der Waals surface area contributed by atoms with Gasteiger partial charge in [-0.05, 0) is 54.6 Å². The molecule has 3 amide bonds. The Balaban J connectivity index is 1.49. The number of alkyl halides is 3. The number of hydrogen-bond donors (Lipinski definition) is 3. The van der Waals surface area contributed by atoms with Crippen LogP contribution in [0.2, 0.25) is 0 Å². The van der Waals surface area contributed by atoms with E-state index < -0.39 is 23.7 Å².